The summed E-state index contributed by atoms with van der Waals surface area (Å²) in [5.41, 5.74) is -1.34. The van der Waals surface area contributed by atoms with Crippen LogP contribution < -0.4 is 5.56 Å². The number of pyridine rings is 1. The number of phenolic OH excluding ortho intramolecular Hbond substituents is 1. The molecule has 126 valence electrons. The van der Waals surface area contributed by atoms with Gasteiger partial charge in [-0.2, -0.15) is 0 Å². The predicted molar refractivity (Wildman–Crippen MR) is 88.5 cm³/mol. The number of hydrogen-bond donors (Lipinski definition) is 1. The number of aromatic nitrogens is 2. The van der Waals surface area contributed by atoms with Crippen LogP contribution in [0.2, 0.25) is 0 Å². The molecule has 2 aromatic heterocycles. The Bertz CT molecular complexity index is 1180. The SMILES string of the molecule is O=c1c2c(C(F)(F)F)cccc2[se]n1-c1ccc2cccc(O)c2n1. The summed E-state index contributed by atoms with van der Waals surface area (Å²) in [6.07, 6.45) is -4.60. The minimum absolute atomic E-state index is 0.0491. The molecule has 0 radical (unpaired) electrons. The average Bonchev–Trinajstić information content (AvgIpc) is 2.91. The van der Waals surface area contributed by atoms with E-state index in [0.717, 1.165) is 6.07 Å². The van der Waals surface area contributed by atoms with E-state index in [1.807, 2.05) is 0 Å². The zero-order chi connectivity index (χ0) is 17.8. The summed E-state index contributed by atoms with van der Waals surface area (Å²) < 4.78 is 41.2. The zero-order valence-electron chi connectivity index (χ0n) is 12.4. The molecule has 0 fully saturated rings. The Morgan fingerprint density at radius 2 is 1.80 bits per heavy atom. The molecule has 0 amide bonds. The van der Waals surface area contributed by atoms with Crippen LogP contribution in [0.3, 0.4) is 0 Å². The van der Waals surface area contributed by atoms with Crippen molar-refractivity contribution in [3.8, 4) is 11.6 Å². The molecule has 0 aliphatic rings. The van der Waals surface area contributed by atoms with Crippen molar-refractivity contribution < 1.29 is 18.3 Å². The van der Waals surface area contributed by atoms with Crippen LogP contribution >= 0.6 is 0 Å². The maximum atomic E-state index is 13.2. The monoisotopic (exact) mass is 410 g/mol. The molecule has 8 heteroatoms. The fourth-order valence-electron chi connectivity index (χ4n) is 2.69. The summed E-state index contributed by atoms with van der Waals surface area (Å²) in [5, 5.41) is 10.3. The van der Waals surface area contributed by atoms with Gasteiger partial charge in [-0.3, -0.25) is 0 Å². The van der Waals surface area contributed by atoms with Gasteiger partial charge in [-0.25, -0.2) is 0 Å². The second kappa shape index (κ2) is 5.47. The number of benzene rings is 2. The number of aromatic hydroxyl groups is 1. The van der Waals surface area contributed by atoms with Crippen LogP contribution in [-0.2, 0) is 6.18 Å². The fourth-order valence-corrected chi connectivity index (χ4v) is 4.78. The van der Waals surface area contributed by atoms with E-state index in [2.05, 4.69) is 4.98 Å². The Labute approximate surface area is 144 Å². The maximum absolute atomic E-state index is 13.2. The Morgan fingerprint density at radius 3 is 2.56 bits per heavy atom. The summed E-state index contributed by atoms with van der Waals surface area (Å²) in [5.74, 6) is 0.176. The van der Waals surface area contributed by atoms with E-state index < -0.39 is 32.0 Å². The van der Waals surface area contributed by atoms with Crippen molar-refractivity contribution in [3.63, 3.8) is 0 Å². The molecular weight excluding hydrogens is 400 g/mol. The van der Waals surface area contributed by atoms with Crippen LogP contribution in [0.5, 0.6) is 5.75 Å². The molecule has 2 aromatic carbocycles. The predicted octanol–water partition coefficient (Wildman–Crippen LogP) is 3.32. The molecule has 0 atom stereocenters. The molecular formula is C17H9F3N2O2Se. The third-order valence-electron chi connectivity index (χ3n) is 3.81. The molecule has 25 heavy (non-hydrogen) atoms. The van der Waals surface area contributed by atoms with Crippen LogP contribution in [0.15, 0.2) is 53.3 Å². The first-order valence-corrected chi connectivity index (χ1v) is 8.80. The van der Waals surface area contributed by atoms with Gasteiger partial charge in [0.2, 0.25) is 0 Å². The van der Waals surface area contributed by atoms with Crippen molar-refractivity contribution in [2.75, 3.05) is 0 Å². The number of hydrogen-bond acceptors (Lipinski definition) is 3. The van der Waals surface area contributed by atoms with Crippen molar-refractivity contribution in [1.29, 1.82) is 0 Å². The van der Waals surface area contributed by atoms with Gasteiger partial charge in [0.1, 0.15) is 0 Å². The molecule has 1 N–H and O–H groups in total. The van der Waals surface area contributed by atoms with Crippen molar-refractivity contribution in [2.24, 2.45) is 0 Å². The summed E-state index contributed by atoms with van der Waals surface area (Å²) in [4.78, 5) is 16.9. The molecule has 0 saturated carbocycles. The number of nitrogens with zero attached hydrogens (tertiary/aromatic N) is 2. The molecule has 0 aliphatic heterocycles. The first-order valence-electron chi connectivity index (χ1n) is 7.17. The Balaban J connectivity index is 2.01. The third-order valence-corrected chi connectivity index (χ3v) is 6.06. The van der Waals surface area contributed by atoms with Gasteiger partial charge >= 0.3 is 144 Å². The summed E-state index contributed by atoms with van der Waals surface area (Å²) in [7, 11) is 0. The molecule has 4 aromatic rings. The summed E-state index contributed by atoms with van der Waals surface area (Å²) >= 11 is -0.654. The Kier molecular flexibility index (Phi) is 3.49. The first-order chi connectivity index (χ1) is 11.9. The van der Waals surface area contributed by atoms with Crippen molar-refractivity contribution in [3.05, 3.63) is 64.4 Å². The molecule has 0 bridgehead atoms. The number of fused-ring (bicyclic) bond motifs is 2. The second-order valence-corrected chi connectivity index (χ2v) is 7.46. The van der Waals surface area contributed by atoms with Crippen molar-refractivity contribution >= 4 is 35.3 Å². The number of para-hydroxylation sites is 1. The number of halogens is 3. The minimum atomic E-state index is -4.60. The zero-order valence-corrected chi connectivity index (χ0v) is 14.1. The number of rotatable bonds is 1. The van der Waals surface area contributed by atoms with E-state index in [-0.39, 0.29) is 17.0 Å². The molecule has 0 saturated heterocycles. The molecule has 0 spiro atoms. The quantitative estimate of drug-likeness (QED) is 0.491. The molecule has 4 nitrogen and oxygen atoms in total. The number of alkyl halides is 3. The van der Waals surface area contributed by atoms with E-state index in [1.54, 1.807) is 24.3 Å². The summed E-state index contributed by atoms with van der Waals surface area (Å²) in [6.45, 7) is 0. The molecule has 0 unspecified atom stereocenters. The van der Waals surface area contributed by atoms with Crippen LogP contribution in [0, 0.1) is 0 Å². The van der Waals surface area contributed by atoms with E-state index in [9.17, 15) is 23.1 Å². The van der Waals surface area contributed by atoms with Crippen LogP contribution in [0.4, 0.5) is 13.2 Å². The standard InChI is InChI=1S/C17H9F3N2O2Se/c18-17(19,20)10-4-2-6-12-14(10)16(24)22(25-12)13-8-7-9-3-1-5-11(23)15(9)21-13/h1-8,23H. The van der Waals surface area contributed by atoms with Gasteiger partial charge in [0.15, 0.2) is 0 Å². The molecule has 2 heterocycles. The summed E-state index contributed by atoms with van der Waals surface area (Å²) in [6, 6.07) is 11.9. The van der Waals surface area contributed by atoms with E-state index in [1.165, 1.54) is 21.8 Å². The van der Waals surface area contributed by atoms with Gasteiger partial charge in [0.25, 0.3) is 0 Å². The topological polar surface area (TPSA) is 55.1 Å². The van der Waals surface area contributed by atoms with Crippen LogP contribution in [0.25, 0.3) is 26.4 Å². The fraction of sp³-hybridized carbons (Fsp3) is 0.0588. The normalized spacial score (nSPS) is 12.1. The van der Waals surface area contributed by atoms with Gasteiger partial charge in [-0.05, 0) is 0 Å². The van der Waals surface area contributed by atoms with E-state index >= 15 is 0 Å². The second-order valence-electron chi connectivity index (χ2n) is 5.39. The van der Waals surface area contributed by atoms with Gasteiger partial charge in [0, 0.05) is 0 Å². The van der Waals surface area contributed by atoms with Crippen molar-refractivity contribution in [1.82, 2.24) is 8.55 Å². The molecule has 4 rings (SSSR count). The molecule has 0 aliphatic carbocycles. The number of phenols is 1. The Morgan fingerprint density at radius 1 is 1.04 bits per heavy atom. The van der Waals surface area contributed by atoms with Gasteiger partial charge in [-0.1, -0.05) is 0 Å². The average molecular weight is 409 g/mol. The van der Waals surface area contributed by atoms with Crippen LogP contribution in [0.1, 0.15) is 5.56 Å². The van der Waals surface area contributed by atoms with E-state index in [0.29, 0.717) is 15.2 Å². The van der Waals surface area contributed by atoms with Gasteiger partial charge in [0.05, 0.1) is 0 Å². The first kappa shape index (κ1) is 15.9. The third kappa shape index (κ3) is 2.54. The van der Waals surface area contributed by atoms with Gasteiger partial charge < -0.3 is 0 Å². The van der Waals surface area contributed by atoms with Crippen LogP contribution in [-0.4, -0.2) is 28.4 Å². The Hall–Kier alpha value is -2.57. The van der Waals surface area contributed by atoms with Crippen molar-refractivity contribution in [2.45, 2.75) is 6.18 Å². The van der Waals surface area contributed by atoms with E-state index in [4.69, 9.17) is 0 Å². The van der Waals surface area contributed by atoms with Gasteiger partial charge in [-0.15, -0.1) is 0 Å².